The predicted octanol–water partition coefficient (Wildman–Crippen LogP) is 4.07. The standard InChI is InChI=1S/C12H20/c1-2-4-7-11-9-6-10-12(11)8-5-3-1/h7,12H,1-6,8-10H2/b11-7-. The van der Waals surface area contributed by atoms with Crippen LogP contribution in [0.5, 0.6) is 0 Å². The van der Waals surface area contributed by atoms with Crippen LogP contribution in [0.2, 0.25) is 0 Å². The molecule has 0 spiro atoms. The summed E-state index contributed by atoms with van der Waals surface area (Å²) in [7, 11) is 0. The van der Waals surface area contributed by atoms with Crippen LogP contribution in [0, 0.1) is 5.92 Å². The van der Waals surface area contributed by atoms with Crippen LogP contribution in [0.3, 0.4) is 0 Å². The minimum Gasteiger partial charge on any atom is -0.0851 e. The summed E-state index contributed by atoms with van der Waals surface area (Å²) >= 11 is 0. The number of allylic oxidation sites excluding steroid dienone is 2. The Kier molecular flexibility index (Phi) is 2.86. The minimum atomic E-state index is 1.00. The van der Waals surface area contributed by atoms with Crippen molar-refractivity contribution < 1.29 is 0 Å². The zero-order chi connectivity index (χ0) is 8.23. The van der Waals surface area contributed by atoms with Gasteiger partial charge in [-0.05, 0) is 44.4 Å². The van der Waals surface area contributed by atoms with Crippen LogP contribution in [0.1, 0.15) is 57.8 Å². The van der Waals surface area contributed by atoms with Gasteiger partial charge >= 0.3 is 0 Å². The van der Waals surface area contributed by atoms with Crippen molar-refractivity contribution in [3.8, 4) is 0 Å². The Bertz CT molecular complexity index is 167. The lowest BCUT2D eigenvalue weighted by molar-refractivity contribution is 0.523. The SMILES string of the molecule is C1=C2/CCCC2CCCCCC/1. The van der Waals surface area contributed by atoms with Crippen molar-refractivity contribution in [2.24, 2.45) is 5.92 Å². The van der Waals surface area contributed by atoms with E-state index in [1.165, 1.54) is 57.8 Å². The summed E-state index contributed by atoms with van der Waals surface area (Å²) in [4.78, 5) is 0. The molecule has 68 valence electrons. The highest BCUT2D eigenvalue weighted by Crippen LogP contribution is 2.36. The topological polar surface area (TPSA) is 0 Å². The molecule has 0 radical (unpaired) electrons. The van der Waals surface area contributed by atoms with Gasteiger partial charge in [-0.1, -0.05) is 30.9 Å². The summed E-state index contributed by atoms with van der Waals surface area (Å²) in [6.45, 7) is 0. The highest BCUT2D eigenvalue weighted by Gasteiger charge is 2.20. The van der Waals surface area contributed by atoms with Crippen molar-refractivity contribution >= 4 is 0 Å². The Labute approximate surface area is 76.1 Å². The summed E-state index contributed by atoms with van der Waals surface area (Å²) < 4.78 is 0. The van der Waals surface area contributed by atoms with E-state index in [0.717, 1.165) is 5.92 Å². The Balaban J connectivity index is 1.99. The normalized spacial score (nSPS) is 35.7. The molecule has 0 saturated heterocycles. The average molecular weight is 164 g/mol. The molecule has 0 amide bonds. The van der Waals surface area contributed by atoms with Crippen molar-refractivity contribution in [2.75, 3.05) is 0 Å². The van der Waals surface area contributed by atoms with E-state index in [2.05, 4.69) is 6.08 Å². The van der Waals surface area contributed by atoms with Gasteiger partial charge in [0.25, 0.3) is 0 Å². The molecule has 2 rings (SSSR count). The maximum atomic E-state index is 2.56. The Morgan fingerprint density at radius 3 is 2.75 bits per heavy atom. The van der Waals surface area contributed by atoms with E-state index in [1.807, 2.05) is 5.57 Å². The molecule has 0 heterocycles. The third kappa shape index (κ3) is 1.91. The zero-order valence-corrected chi connectivity index (χ0v) is 8.02. The van der Waals surface area contributed by atoms with E-state index in [-0.39, 0.29) is 0 Å². The first-order valence-corrected chi connectivity index (χ1v) is 5.66. The number of hydrogen-bond donors (Lipinski definition) is 0. The van der Waals surface area contributed by atoms with E-state index in [9.17, 15) is 0 Å². The third-order valence-corrected chi connectivity index (χ3v) is 3.46. The van der Waals surface area contributed by atoms with Crippen molar-refractivity contribution in [1.29, 1.82) is 0 Å². The minimum absolute atomic E-state index is 1.00. The van der Waals surface area contributed by atoms with Crippen LogP contribution in [0.15, 0.2) is 11.6 Å². The molecule has 1 unspecified atom stereocenters. The molecule has 1 fully saturated rings. The van der Waals surface area contributed by atoms with Crippen molar-refractivity contribution in [3.05, 3.63) is 11.6 Å². The zero-order valence-electron chi connectivity index (χ0n) is 8.02. The van der Waals surface area contributed by atoms with Gasteiger partial charge in [-0.3, -0.25) is 0 Å². The van der Waals surface area contributed by atoms with Gasteiger partial charge in [-0.2, -0.15) is 0 Å². The molecular weight excluding hydrogens is 144 g/mol. The maximum Gasteiger partial charge on any atom is -0.0203 e. The van der Waals surface area contributed by atoms with Gasteiger partial charge in [0.05, 0.1) is 0 Å². The Morgan fingerprint density at radius 2 is 1.75 bits per heavy atom. The molecule has 0 bridgehead atoms. The lowest BCUT2D eigenvalue weighted by atomic mass is 9.96. The number of hydrogen-bond acceptors (Lipinski definition) is 0. The fraction of sp³-hybridized carbons (Fsp3) is 0.833. The lowest BCUT2D eigenvalue weighted by Gasteiger charge is -2.09. The largest absolute Gasteiger partial charge is 0.0851 e. The average Bonchev–Trinajstić information content (AvgIpc) is 2.50. The van der Waals surface area contributed by atoms with E-state index >= 15 is 0 Å². The highest BCUT2D eigenvalue weighted by molar-refractivity contribution is 5.11. The number of fused-ring (bicyclic) bond motifs is 1. The van der Waals surface area contributed by atoms with Crippen LogP contribution >= 0.6 is 0 Å². The third-order valence-electron chi connectivity index (χ3n) is 3.46. The van der Waals surface area contributed by atoms with Crippen molar-refractivity contribution in [1.82, 2.24) is 0 Å². The first kappa shape index (κ1) is 8.34. The highest BCUT2D eigenvalue weighted by atomic mass is 14.3. The molecule has 0 aliphatic heterocycles. The molecule has 0 aromatic heterocycles. The fourth-order valence-electron chi connectivity index (χ4n) is 2.72. The quantitative estimate of drug-likeness (QED) is 0.473. The lowest BCUT2D eigenvalue weighted by Crippen LogP contribution is -1.95. The van der Waals surface area contributed by atoms with Crippen molar-refractivity contribution in [2.45, 2.75) is 57.8 Å². The first-order valence-electron chi connectivity index (χ1n) is 5.66. The first-order chi connectivity index (χ1) is 5.97. The van der Waals surface area contributed by atoms with Crippen LogP contribution in [-0.2, 0) is 0 Å². The van der Waals surface area contributed by atoms with Crippen LogP contribution < -0.4 is 0 Å². The molecule has 12 heavy (non-hydrogen) atoms. The molecule has 1 saturated carbocycles. The van der Waals surface area contributed by atoms with E-state index in [0.29, 0.717) is 0 Å². The van der Waals surface area contributed by atoms with Gasteiger partial charge in [-0.15, -0.1) is 0 Å². The molecule has 0 nitrogen and oxygen atoms in total. The van der Waals surface area contributed by atoms with Crippen molar-refractivity contribution in [3.63, 3.8) is 0 Å². The molecule has 0 aromatic rings. The summed E-state index contributed by atoms with van der Waals surface area (Å²) in [6, 6.07) is 0. The predicted molar refractivity (Wildman–Crippen MR) is 53.1 cm³/mol. The molecule has 2 aliphatic rings. The van der Waals surface area contributed by atoms with E-state index in [4.69, 9.17) is 0 Å². The molecule has 0 heteroatoms. The summed E-state index contributed by atoms with van der Waals surface area (Å²) in [6.07, 6.45) is 15.7. The number of rotatable bonds is 0. The van der Waals surface area contributed by atoms with Gasteiger partial charge < -0.3 is 0 Å². The van der Waals surface area contributed by atoms with Gasteiger partial charge in [0.2, 0.25) is 0 Å². The van der Waals surface area contributed by atoms with Crippen LogP contribution in [0.25, 0.3) is 0 Å². The Hall–Kier alpha value is -0.260. The second-order valence-corrected chi connectivity index (χ2v) is 4.36. The molecule has 0 aromatic carbocycles. The van der Waals surface area contributed by atoms with Crippen LogP contribution in [0.4, 0.5) is 0 Å². The van der Waals surface area contributed by atoms with Gasteiger partial charge in [0.1, 0.15) is 0 Å². The molecule has 2 aliphatic carbocycles. The van der Waals surface area contributed by atoms with Gasteiger partial charge in [0, 0.05) is 0 Å². The fourth-order valence-corrected chi connectivity index (χ4v) is 2.72. The van der Waals surface area contributed by atoms with E-state index in [1.54, 1.807) is 0 Å². The molecule has 1 atom stereocenters. The smallest absolute Gasteiger partial charge is 0.0203 e. The summed E-state index contributed by atoms with van der Waals surface area (Å²) in [5.41, 5.74) is 1.82. The van der Waals surface area contributed by atoms with Gasteiger partial charge in [0.15, 0.2) is 0 Å². The maximum absolute atomic E-state index is 2.56. The summed E-state index contributed by atoms with van der Waals surface area (Å²) in [5, 5.41) is 0. The monoisotopic (exact) mass is 164 g/mol. The van der Waals surface area contributed by atoms with Crippen LogP contribution in [-0.4, -0.2) is 0 Å². The van der Waals surface area contributed by atoms with E-state index < -0.39 is 0 Å². The summed E-state index contributed by atoms with van der Waals surface area (Å²) in [5.74, 6) is 1.00. The molecular formula is C12H20. The molecule has 0 N–H and O–H groups in total. The second-order valence-electron chi connectivity index (χ2n) is 4.36. The van der Waals surface area contributed by atoms with Gasteiger partial charge in [-0.25, -0.2) is 0 Å². The Morgan fingerprint density at radius 1 is 0.917 bits per heavy atom. The second kappa shape index (κ2) is 4.11.